The Balaban J connectivity index is 2.17. The van der Waals surface area contributed by atoms with Crippen LogP contribution >= 0.6 is 0 Å². The molecule has 1 unspecified atom stereocenters. The Morgan fingerprint density at radius 1 is 1.50 bits per heavy atom. The predicted molar refractivity (Wildman–Crippen MR) is 67.3 cm³/mol. The Morgan fingerprint density at radius 3 is 2.75 bits per heavy atom. The van der Waals surface area contributed by atoms with Crippen molar-refractivity contribution in [2.24, 2.45) is 5.92 Å². The molecule has 0 aromatic carbocycles. The summed E-state index contributed by atoms with van der Waals surface area (Å²) in [4.78, 5) is 2.54. The van der Waals surface area contributed by atoms with E-state index in [2.05, 4.69) is 23.1 Å². The van der Waals surface area contributed by atoms with Gasteiger partial charge in [-0.05, 0) is 38.8 Å². The van der Waals surface area contributed by atoms with Crippen LogP contribution in [-0.4, -0.2) is 50.8 Å². The summed E-state index contributed by atoms with van der Waals surface area (Å²) in [7, 11) is 1.79. The monoisotopic (exact) mass is 224 g/mol. The Labute approximate surface area is 99.5 Å². The van der Waals surface area contributed by atoms with E-state index >= 15 is 0 Å². The van der Waals surface area contributed by atoms with Crippen molar-refractivity contribution in [1.29, 1.82) is 0 Å². The molecule has 1 aliphatic heterocycles. The van der Waals surface area contributed by atoms with Gasteiger partial charge in [0.15, 0.2) is 0 Å². The van der Waals surface area contributed by atoms with Crippen LogP contribution in [0, 0.1) is 18.3 Å². The summed E-state index contributed by atoms with van der Waals surface area (Å²) in [6.07, 6.45) is 7.72. The highest BCUT2D eigenvalue weighted by Crippen LogP contribution is 2.18. The van der Waals surface area contributed by atoms with E-state index in [0.29, 0.717) is 12.6 Å². The minimum Gasteiger partial charge on any atom is -0.384 e. The average molecular weight is 224 g/mol. The Hall–Kier alpha value is -0.560. The summed E-state index contributed by atoms with van der Waals surface area (Å²) in [5.74, 6) is 3.36. The van der Waals surface area contributed by atoms with Gasteiger partial charge in [0, 0.05) is 26.3 Å². The molecule has 0 spiro atoms. The van der Waals surface area contributed by atoms with E-state index in [1.165, 1.54) is 25.9 Å². The van der Waals surface area contributed by atoms with Crippen molar-refractivity contribution >= 4 is 0 Å². The second-order valence-electron chi connectivity index (χ2n) is 4.62. The van der Waals surface area contributed by atoms with E-state index in [0.717, 1.165) is 19.1 Å². The third-order valence-corrected chi connectivity index (χ3v) is 3.34. The molecule has 1 heterocycles. The van der Waals surface area contributed by atoms with Crippen LogP contribution in [0.1, 0.15) is 19.8 Å². The first-order chi connectivity index (χ1) is 7.77. The van der Waals surface area contributed by atoms with Crippen LogP contribution in [0.5, 0.6) is 0 Å². The molecule has 1 fully saturated rings. The molecule has 16 heavy (non-hydrogen) atoms. The summed E-state index contributed by atoms with van der Waals surface area (Å²) in [5, 5.41) is 3.27. The Kier molecular flexibility index (Phi) is 6.47. The first-order valence-electron chi connectivity index (χ1n) is 6.15. The van der Waals surface area contributed by atoms with E-state index in [4.69, 9.17) is 11.2 Å². The van der Waals surface area contributed by atoms with Crippen molar-refractivity contribution in [3.63, 3.8) is 0 Å². The predicted octanol–water partition coefficient (Wildman–Crippen LogP) is 0.956. The summed E-state index contributed by atoms with van der Waals surface area (Å²) in [5.41, 5.74) is 0. The second-order valence-corrected chi connectivity index (χ2v) is 4.62. The zero-order valence-corrected chi connectivity index (χ0v) is 10.5. The largest absolute Gasteiger partial charge is 0.384 e. The zero-order chi connectivity index (χ0) is 11.8. The van der Waals surface area contributed by atoms with Gasteiger partial charge in [-0.25, -0.2) is 0 Å². The first-order valence-corrected chi connectivity index (χ1v) is 6.15. The molecule has 0 aliphatic carbocycles. The van der Waals surface area contributed by atoms with Crippen LogP contribution < -0.4 is 5.32 Å². The zero-order valence-electron chi connectivity index (χ0n) is 10.5. The lowest BCUT2D eigenvalue weighted by molar-refractivity contribution is 0.0834. The maximum atomic E-state index is 5.20. The lowest BCUT2D eigenvalue weighted by Crippen LogP contribution is -2.45. The lowest BCUT2D eigenvalue weighted by atomic mass is 9.97. The maximum Gasteiger partial charge on any atom is 0.0574 e. The number of nitrogens with one attached hydrogen (secondary N) is 1. The van der Waals surface area contributed by atoms with E-state index in [-0.39, 0.29) is 0 Å². The molecule has 1 aliphatic rings. The molecule has 0 bridgehead atoms. The van der Waals surface area contributed by atoms with Crippen LogP contribution in [0.2, 0.25) is 0 Å². The fourth-order valence-corrected chi connectivity index (χ4v) is 2.28. The van der Waals surface area contributed by atoms with Gasteiger partial charge in [0.25, 0.3) is 0 Å². The summed E-state index contributed by atoms with van der Waals surface area (Å²) < 4.78 is 5.20. The van der Waals surface area contributed by atoms with E-state index < -0.39 is 0 Å². The highest BCUT2D eigenvalue weighted by atomic mass is 16.5. The first kappa shape index (κ1) is 13.5. The van der Waals surface area contributed by atoms with Crippen molar-refractivity contribution in [2.75, 3.05) is 39.9 Å². The van der Waals surface area contributed by atoms with Gasteiger partial charge in [0.1, 0.15) is 0 Å². The number of hydrogen-bond acceptors (Lipinski definition) is 3. The van der Waals surface area contributed by atoms with Crippen molar-refractivity contribution in [3.05, 3.63) is 0 Å². The van der Waals surface area contributed by atoms with E-state index in [1.807, 2.05) is 0 Å². The van der Waals surface area contributed by atoms with Gasteiger partial charge < -0.3 is 10.1 Å². The molecule has 0 radical (unpaired) electrons. The van der Waals surface area contributed by atoms with Gasteiger partial charge in [0.2, 0.25) is 0 Å². The number of terminal acetylenes is 1. The van der Waals surface area contributed by atoms with Gasteiger partial charge in [-0.1, -0.05) is 5.92 Å². The van der Waals surface area contributed by atoms with E-state index in [1.54, 1.807) is 7.11 Å². The molecule has 0 aromatic heterocycles. The number of piperidine rings is 1. The quantitative estimate of drug-likeness (QED) is 0.537. The molecule has 1 N–H and O–H groups in total. The lowest BCUT2D eigenvalue weighted by Gasteiger charge is -2.35. The number of ether oxygens (including phenoxy) is 1. The fraction of sp³-hybridized carbons (Fsp3) is 0.846. The molecule has 1 rings (SSSR count). The molecule has 92 valence electrons. The van der Waals surface area contributed by atoms with Gasteiger partial charge in [-0.2, -0.15) is 0 Å². The van der Waals surface area contributed by atoms with Crippen LogP contribution in [-0.2, 0) is 4.74 Å². The molecular formula is C13H24N2O. The fourth-order valence-electron chi connectivity index (χ4n) is 2.28. The highest BCUT2D eigenvalue weighted by Gasteiger charge is 2.22. The smallest absolute Gasteiger partial charge is 0.0574 e. The van der Waals surface area contributed by atoms with Crippen molar-refractivity contribution in [1.82, 2.24) is 10.2 Å². The molecule has 0 saturated carbocycles. The molecule has 0 aromatic rings. The normalized spacial score (nSPS) is 20.6. The van der Waals surface area contributed by atoms with Crippen LogP contribution in [0.3, 0.4) is 0 Å². The third kappa shape index (κ3) is 4.52. The minimum atomic E-state index is 0.580. The average Bonchev–Trinajstić information content (AvgIpc) is 2.30. The molecular weight excluding hydrogens is 200 g/mol. The van der Waals surface area contributed by atoms with Crippen molar-refractivity contribution < 1.29 is 4.74 Å². The Bertz CT molecular complexity index is 216. The van der Waals surface area contributed by atoms with Gasteiger partial charge >= 0.3 is 0 Å². The molecule has 3 heteroatoms. The standard InChI is InChI=1S/C13H24N2O/c1-4-7-14-10-12(2)15-8-5-13(6-9-15)11-16-3/h1,12-14H,5-11H2,2-3H3. The van der Waals surface area contributed by atoms with Gasteiger partial charge in [-0.3, -0.25) is 4.90 Å². The van der Waals surface area contributed by atoms with E-state index in [9.17, 15) is 0 Å². The topological polar surface area (TPSA) is 24.5 Å². The SMILES string of the molecule is C#CCNCC(C)N1CCC(COC)CC1. The maximum absolute atomic E-state index is 5.20. The number of likely N-dealkylation sites (tertiary alicyclic amines) is 1. The van der Waals surface area contributed by atoms with Gasteiger partial charge in [0.05, 0.1) is 6.54 Å². The third-order valence-electron chi connectivity index (χ3n) is 3.34. The molecule has 1 saturated heterocycles. The molecule has 1 atom stereocenters. The van der Waals surface area contributed by atoms with Crippen LogP contribution in [0.25, 0.3) is 0 Å². The van der Waals surface area contributed by atoms with Crippen molar-refractivity contribution in [2.45, 2.75) is 25.8 Å². The molecule has 3 nitrogen and oxygen atoms in total. The van der Waals surface area contributed by atoms with Crippen molar-refractivity contribution in [3.8, 4) is 12.3 Å². The summed E-state index contributed by atoms with van der Waals surface area (Å²) in [6.45, 7) is 7.21. The summed E-state index contributed by atoms with van der Waals surface area (Å²) in [6, 6.07) is 0.580. The number of rotatable bonds is 6. The number of hydrogen-bond donors (Lipinski definition) is 1. The minimum absolute atomic E-state index is 0.580. The highest BCUT2D eigenvalue weighted by molar-refractivity contribution is 4.87. The van der Waals surface area contributed by atoms with Crippen LogP contribution in [0.4, 0.5) is 0 Å². The van der Waals surface area contributed by atoms with Gasteiger partial charge in [-0.15, -0.1) is 6.42 Å². The second kappa shape index (κ2) is 7.67. The summed E-state index contributed by atoms with van der Waals surface area (Å²) >= 11 is 0. The van der Waals surface area contributed by atoms with Crippen LogP contribution in [0.15, 0.2) is 0 Å². The Morgan fingerprint density at radius 2 is 2.19 bits per heavy atom. The molecule has 0 amide bonds. The number of nitrogens with zero attached hydrogens (tertiary/aromatic N) is 1. The number of methoxy groups -OCH3 is 1.